The van der Waals surface area contributed by atoms with E-state index < -0.39 is 32.8 Å². The lowest BCUT2D eigenvalue weighted by atomic mass is 9.80. The van der Waals surface area contributed by atoms with Crippen LogP contribution in [0.5, 0.6) is 0 Å². The van der Waals surface area contributed by atoms with Gasteiger partial charge in [0.05, 0.1) is 0 Å². The van der Waals surface area contributed by atoms with E-state index in [0.717, 1.165) is 5.46 Å². The zero-order valence-electron chi connectivity index (χ0n) is 14.0. The van der Waals surface area contributed by atoms with Crippen molar-refractivity contribution < 1.29 is 16.9 Å². The summed E-state index contributed by atoms with van der Waals surface area (Å²) in [7, 11) is -7.22. The highest BCUT2D eigenvalue weighted by molar-refractivity contribution is 6.91. The minimum Gasteiger partial charge on any atom is -0.430 e. The van der Waals surface area contributed by atoms with Crippen LogP contribution in [0.1, 0.15) is 5.56 Å². The van der Waals surface area contributed by atoms with Gasteiger partial charge >= 0.3 is 32.8 Å². The molecule has 4 nitrogen and oxygen atoms in total. The van der Waals surface area contributed by atoms with Gasteiger partial charge in [-0.3, -0.25) is 0 Å². The van der Waals surface area contributed by atoms with Crippen molar-refractivity contribution in [3.63, 3.8) is 0 Å². The molecule has 0 aromatic heterocycles. The number of aryl methyl sites for hydroxylation is 1. The van der Waals surface area contributed by atoms with Crippen LogP contribution in [0.15, 0.2) is 24.3 Å². The van der Waals surface area contributed by atoms with Crippen LogP contribution in [-0.2, 0) is 16.9 Å². The van der Waals surface area contributed by atoms with E-state index in [1.54, 1.807) is 0 Å². The van der Waals surface area contributed by atoms with E-state index >= 15 is 0 Å². The van der Waals surface area contributed by atoms with Crippen molar-refractivity contribution in [3.8, 4) is 0 Å². The highest BCUT2D eigenvalue weighted by Crippen LogP contribution is 2.26. The standard InChI is InChI=1S/C13H25BO4Si3/c1-12-9-8-10-13(11-12)14-15-19(2,3)17-21(6,7)18-20(4,5)16-14/h8-11H,1-7H3. The smallest absolute Gasteiger partial charge is 0.430 e. The van der Waals surface area contributed by atoms with Crippen LogP contribution < -0.4 is 5.46 Å². The highest BCUT2D eigenvalue weighted by Gasteiger charge is 2.48. The van der Waals surface area contributed by atoms with Gasteiger partial charge in [-0.25, -0.2) is 0 Å². The zero-order valence-corrected chi connectivity index (χ0v) is 17.0. The van der Waals surface area contributed by atoms with Crippen molar-refractivity contribution in [2.45, 2.75) is 46.2 Å². The summed E-state index contributed by atoms with van der Waals surface area (Å²) in [5.74, 6) is 0. The van der Waals surface area contributed by atoms with E-state index in [9.17, 15) is 0 Å². The zero-order chi connectivity index (χ0) is 15.9. The molecule has 21 heavy (non-hydrogen) atoms. The summed E-state index contributed by atoms with van der Waals surface area (Å²) in [5, 5.41) is 0. The molecular weight excluding hydrogens is 315 g/mol. The van der Waals surface area contributed by atoms with Crippen LogP contribution in [0, 0.1) is 6.92 Å². The van der Waals surface area contributed by atoms with Gasteiger partial charge < -0.3 is 16.9 Å². The molecule has 0 saturated carbocycles. The number of hydrogen-bond acceptors (Lipinski definition) is 4. The van der Waals surface area contributed by atoms with Gasteiger partial charge in [-0.2, -0.15) is 0 Å². The molecule has 0 radical (unpaired) electrons. The minimum absolute atomic E-state index is 0.404. The average molecular weight is 340 g/mol. The summed E-state index contributed by atoms with van der Waals surface area (Å²) in [6, 6.07) is 8.24. The van der Waals surface area contributed by atoms with Crippen molar-refractivity contribution in [1.29, 1.82) is 0 Å². The molecule has 0 unspecified atom stereocenters. The largest absolute Gasteiger partial charge is 0.475 e. The second-order valence-electron chi connectivity index (χ2n) is 6.89. The van der Waals surface area contributed by atoms with Crippen LogP contribution in [0.2, 0.25) is 39.3 Å². The van der Waals surface area contributed by atoms with Gasteiger partial charge in [0.1, 0.15) is 0 Å². The summed E-state index contributed by atoms with van der Waals surface area (Å²) < 4.78 is 25.1. The molecule has 0 bridgehead atoms. The molecule has 116 valence electrons. The van der Waals surface area contributed by atoms with Gasteiger partial charge in [0.25, 0.3) is 0 Å². The molecule has 1 fully saturated rings. The lowest BCUT2D eigenvalue weighted by Crippen LogP contribution is -2.63. The fourth-order valence-corrected chi connectivity index (χ4v) is 14.6. The fraction of sp³-hybridized carbons (Fsp3) is 0.538. The third-order valence-electron chi connectivity index (χ3n) is 3.08. The molecule has 8 heteroatoms. The maximum absolute atomic E-state index is 6.27. The van der Waals surface area contributed by atoms with E-state index in [2.05, 4.69) is 58.3 Å². The van der Waals surface area contributed by atoms with Crippen LogP contribution in [0.4, 0.5) is 0 Å². The van der Waals surface area contributed by atoms with Crippen molar-refractivity contribution in [2.24, 2.45) is 0 Å². The van der Waals surface area contributed by atoms with Crippen molar-refractivity contribution in [3.05, 3.63) is 29.8 Å². The summed E-state index contributed by atoms with van der Waals surface area (Å²) in [5.41, 5.74) is 2.22. The van der Waals surface area contributed by atoms with Gasteiger partial charge in [0.2, 0.25) is 0 Å². The Balaban J connectivity index is 2.33. The summed E-state index contributed by atoms with van der Waals surface area (Å²) in [6.45, 7) is 14.4. The molecule has 1 aromatic carbocycles. The Morgan fingerprint density at radius 3 is 1.81 bits per heavy atom. The lowest BCUT2D eigenvalue weighted by Gasteiger charge is -2.43. The van der Waals surface area contributed by atoms with Crippen molar-refractivity contribution in [2.75, 3.05) is 0 Å². The van der Waals surface area contributed by atoms with Crippen molar-refractivity contribution >= 4 is 38.3 Å². The van der Waals surface area contributed by atoms with Gasteiger partial charge in [-0.05, 0) is 51.7 Å². The maximum atomic E-state index is 6.27. The number of hydrogen-bond donors (Lipinski definition) is 0. The lowest BCUT2D eigenvalue weighted by molar-refractivity contribution is 0.254. The predicted molar refractivity (Wildman–Crippen MR) is 93.4 cm³/mol. The average Bonchev–Trinajstić information content (AvgIpc) is 2.22. The Morgan fingerprint density at radius 1 is 0.810 bits per heavy atom. The molecule has 1 aliphatic rings. The molecule has 1 heterocycles. The third-order valence-corrected chi connectivity index (χ3v) is 12.5. The fourth-order valence-electron chi connectivity index (χ4n) is 2.75. The third kappa shape index (κ3) is 4.88. The minimum atomic E-state index is -2.30. The highest BCUT2D eigenvalue weighted by atomic mass is 28.5. The number of rotatable bonds is 1. The summed E-state index contributed by atoms with van der Waals surface area (Å²) in [6.07, 6.45) is 0. The first kappa shape index (κ1) is 17.1. The molecule has 0 N–H and O–H groups in total. The molecule has 2 rings (SSSR count). The van der Waals surface area contributed by atoms with E-state index in [1.165, 1.54) is 5.56 Å². The van der Waals surface area contributed by atoms with Gasteiger partial charge in [-0.1, -0.05) is 29.8 Å². The van der Waals surface area contributed by atoms with E-state index in [-0.39, 0.29) is 0 Å². The summed E-state index contributed by atoms with van der Waals surface area (Å²) >= 11 is 0. The molecule has 1 saturated heterocycles. The normalized spacial score (nSPS) is 24.2. The van der Waals surface area contributed by atoms with Crippen molar-refractivity contribution in [1.82, 2.24) is 0 Å². The molecule has 0 amide bonds. The van der Waals surface area contributed by atoms with E-state index in [0.29, 0.717) is 0 Å². The predicted octanol–water partition coefficient (Wildman–Crippen LogP) is 2.88. The second kappa shape index (κ2) is 5.76. The molecule has 0 aliphatic carbocycles. The van der Waals surface area contributed by atoms with Gasteiger partial charge in [-0.15, -0.1) is 0 Å². The van der Waals surface area contributed by atoms with Gasteiger partial charge in [0.15, 0.2) is 0 Å². The summed E-state index contributed by atoms with van der Waals surface area (Å²) in [4.78, 5) is 0. The first-order chi connectivity index (χ1) is 9.48. The van der Waals surface area contributed by atoms with Gasteiger partial charge in [0, 0.05) is 0 Å². The first-order valence-corrected chi connectivity index (χ1v) is 15.8. The van der Waals surface area contributed by atoms with Crippen LogP contribution >= 0.6 is 0 Å². The first-order valence-electron chi connectivity index (χ1n) is 7.31. The Labute approximate surface area is 131 Å². The Bertz CT molecular complexity index is 500. The Morgan fingerprint density at radius 2 is 1.33 bits per heavy atom. The maximum Gasteiger partial charge on any atom is 0.475 e. The van der Waals surface area contributed by atoms with E-state index in [1.807, 2.05) is 12.1 Å². The molecule has 0 atom stereocenters. The topological polar surface area (TPSA) is 36.9 Å². The molecule has 1 aromatic rings. The quantitative estimate of drug-likeness (QED) is 0.737. The second-order valence-corrected chi connectivity index (χ2v) is 17.4. The van der Waals surface area contributed by atoms with Crippen LogP contribution in [0.3, 0.4) is 0 Å². The SMILES string of the molecule is Cc1cccc(B2O[Si](C)(C)O[Si](C)(C)O[Si](C)(C)O2)c1. The molecule has 1 aliphatic heterocycles. The Hall–Kier alpha value is -0.224. The molecule has 0 spiro atoms. The van der Waals surface area contributed by atoms with Crippen LogP contribution in [0.25, 0.3) is 0 Å². The van der Waals surface area contributed by atoms with E-state index in [4.69, 9.17) is 16.9 Å². The monoisotopic (exact) mass is 340 g/mol. The number of benzene rings is 1. The Kier molecular flexibility index (Phi) is 4.70. The van der Waals surface area contributed by atoms with Crippen LogP contribution in [-0.4, -0.2) is 32.8 Å². The molecular formula is C13H25BO4Si3.